The highest BCUT2D eigenvalue weighted by molar-refractivity contribution is 5.69. The second-order valence-electron chi connectivity index (χ2n) is 4.54. The van der Waals surface area contributed by atoms with Crippen LogP contribution in [0.3, 0.4) is 0 Å². The van der Waals surface area contributed by atoms with E-state index in [1.807, 2.05) is 13.8 Å². The standard InChI is InChI=1S/C12H17FN4O/c1-8(2)10-4-14-11-5-15-17(12(11)16-10)6-9(13)7-18-3/h4-5,8-9H,6-7H2,1-3H3. The van der Waals surface area contributed by atoms with Gasteiger partial charge in [-0.1, -0.05) is 13.8 Å². The lowest BCUT2D eigenvalue weighted by Gasteiger charge is -2.08. The molecular weight excluding hydrogens is 235 g/mol. The monoisotopic (exact) mass is 252 g/mol. The van der Waals surface area contributed by atoms with Gasteiger partial charge >= 0.3 is 0 Å². The van der Waals surface area contributed by atoms with Crippen molar-refractivity contribution < 1.29 is 9.13 Å². The first-order chi connectivity index (χ1) is 8.61. The van der Waals surface area contributed by atoms with Crippen LogP contribution in [0.1, 0.15) is 25.5 Å². The molecule has 0 aromatic carbocycles. The minimum absolute atomic E-state index is 0.0542. The van der Waals surface area contributed by atoms with Crippen molar-refractivity contribution in [2.24, 2.45) is 0 Å². The Bertz CT molecular complexity index is 526. The van der Waals surface area contributed by atoms with Crippen LogP contribution in [0.25, 0.3) is 11.2 Å². The maximum Gasteiger partial charge on any atom is 0.177 e. The molecule has 0 radical (unpaired) electrons. The maximum atomic E-state index is 13.5. The summed E-state index contributed by atoms with van der Waals surface area (Å²) in [5.74, 6) is 0.283. The number of hydrogen-bond donors (Lipinski definition) is 0. The van der Waals surface area contributed by atoms with Gasteiger partial charge in [-0.3, -0.25) is 0 Å². The van der Waals surface area contributed by atoms with E-state index < -0.39 is 6.17 Å². The van der Waals surface area contributed by atoms with Gasteiger partial charge in [0, 0.05) is 13.3 Å². The summed E-state index contributed by atoms with van der Waals surface area (Å²) in [4.78, 5) is 8.76. The first-order valence-corrected chi connectivity index (χ1v) is 5.93. The van der Waals surface area contributed by atoms with Gasteiger partial charge in [0.2, 0.25) is 0 Å². The molecule has 1 unspecified atom stereocenters. The Labute approximate surface area is 105 Å². The van der Waals surface area contributed by atoms with Gasteiger partial charge in [-0.05, 0) is 5.92 Å². The van der Waals surface area contributed by atoms with Gasteiger partial charge in [-0.25, -0.2) is 19.0 Å². The van der Waals surface area contributed by atoms with Crippen LogP contribution in [-0.2, 0) is 11.3 Å². The molecule has 0 spiro atoms. The predicted octanol–water partition coefficient (Wildman–Crippen LogP) is 1.93. The zero-order chi connectivity index (χ0) is 13.1. The summed E-state index contributed by atoms with van der Waals surface area (Å²) in [6.07, 6.45) is 2.25. The molecule has 18 heavy (non-hydrogen) atoms. The Kier molecular flexibility index (Phi) is 3.86. The van der Waals surface area contributed by atoms with Gasteiger partial charge in [-0.15, -0.1) is 0 Å². The minimum Gasteiger partial charge on any atom is -0.382 e. The van der Waals surface area contributed by atoms with Gasteiger partial charge in [0.25, 0.3) is 0 Å². The van der Waals surface area contributed by atoms with E-state index in [0.29, 0.717) is 11.2 Å². The molecule has 0 amide bonds. The zero-order valence-electron chi connectivity index (χ0n) is 10.8. The second kappa shape index (κ2) is 5.39. The molecule has 5 nitrogen and oxygen atoms in total. The number of hydrogen-bond acceptors (Lipinski definition) is 4. The van der Waals surface area contributed by atoms with Crippen LogP contribution < -0.4 is 0 Å². The summed E-state index contributed by atoms with van der Waals surface area (Å²) < 4.78 is 19.8. The summed E-state index contributed by atoms with van der Waals surface area (Å²) in [5, 5.41) is 4.11. The summed E-state index contributed by atoms with van der Waals surface area (Å²) in [6.45, 7) is 4.27. The van der Waals surface area contributed by atoms with Crippen LogP contribution in [0.15, 0.2) is 12.4 Å². The Balaban J connectivity index is 2.30. The van der Waals surface area contributed by atoms with Gasteiger partial charge < -0.3 is 4.74 Å². The Morgan fingerprint density at radius 3 is 2.83 bits per heavy atom. The van der Waals surface area contributed by atoms with Crippen LogP contribution in [0, 0.1) is 0 Å². The highest BCUT2D eigenvalue weighted by atomic mass is 19.1. The van der Waals surface area contributed by atoms with E-state index in [9.17, 15) is 4.39 Å². The molecule has 0 aliphatic rings. The van der Waals surface area contributed by atoms with Crippen molar-refractivity contribution in [1.82, 2.24) is 19.7 Å². The topological polar surface area (TPSA) is 52.8 Å². The molecule has 2 aromatic heterocycles. The van der Waals surface area contributed by atoms with E-state index >= 15 is 0 Å². The molecule has 0 fully saturated rings. The number of alkyl halides is 1. The molecule has 1 atom stereocenters. The fraction of sp³-hybridized carbons (Fsp3) is 0.583. The number of ether oxygens (including phenoxy) is 1. The quantitative estimate of drug-likeness (QED) is 0.816. The fourth-order valence-corrected chi connectivity index (χ4v) is 1.69. The third kappa shape index (κ3) is 2.64. The van der Waals surface area contributed by atoms with Crippen molar-refractivity contribution in [2.75, 3.05) is 13.7 Å². The predicted molar refractivity (Wildman–Crippen MR) is 66.2 cm³/mol. The van der Waals surface area contributed by atoms with E-state index in [-0.39, 0.29) is 19.1 Å². The number of fused-ring (bicyclic) bond motifs is 1. The van der Waals surface area contributed by atoms with E-state index in [1.165, 1.54) is 11.8 Å². The molecule has 2 rings (SSSR count). The molecule has 0 bridgehead atoms. The summed E-state index contributed by atoms with van der Waals surface area (Å²) in [5.41, 5.74) is 2.19. The number of rotatable bonds is 5. The van der Waals surface area contributed by atoms with Crippen LogP contribution in [0.5, 0.6) is 0 Å². The van der Waals surface area contributed by atoms with Gasteiger partial charge in [0.15, 0.2) is 5.65 Å². The highest BCUT2D eigenvalue weighted by Crippen LogP contribution is 2.15. The maximum absolute atomic E-state index is 13.5. The molecule has 0 saturated carbocycles. The SMILES string of the molecule is COCC(F)Cn1ncc2ncc(C(C)C)nc21. The number of halogens is 1. The van der Waals surface area contributed by atoms with Gasteiger partial charge in [0.05, 0.1) is 25.0 Å². The Morgan fingerprint density at radius 2 is 2.17 bits per heavy atom. The summed E-state index contributed by atoms with van der Waals surface area (Å²) >= 11 is 0. The molecule has 2 aromatic rings. The van der Waals surface area contributed by atoms with Gasteiger partial charge in [-0.2, -0.15) is 5.10 Å². The van der Waals surface area contributed by atoms with Crippen molar-refractivity contribution >= 4 is 11.2 Å². The number of aromatic nitrogens is 4. The molecule has 0 saturated heterocycles. The molecular formula is C12H17FN4O. The van der Waals surface area contributed by atoms with Gasteiger partial charge in [0.1, 0.15) is 11.7 Å². The molecule has 98 valence electrons. The Morgan fingerprint density at radius 1 is 1.39 bits per heavy atom. The molecule has 0 aliphatic carbocycles. The lowest BCUT2D eigenvalue weighted by Crippen LogP contribution is -2.18. The van der Waals surface area contributed by atoms with Crippen molar-refractivity contribution in [1.29, 1.82) is 0 Å². The Hall–Kier alpha value is -1.56. The van der Waals surface area contributed by atoms with Crippen LogP contribution in [0.4, 0.5) is 4.39 Å². The van der Waals surface area contributed by atoms with E-state index in [4.69, 9.17) is 4.74 Å². The first-order valence-electron chi connectivity index (χ1n) is 5.93. The molecule has 0 aliphatic heterocycles. The third-order valence-corrected chi connectivity index (χ3v) is 2.67. The average Bonchev–Trinajstić information content (AvgIpc) is 2.72. The second-order valence-corrected chi connectivity index (χ2v) is 4.54. The van der Waals surface area contributed by atoms with E-state index in [2.05, 4.69) is 15.1 Å². The lowest BCUT2D eigenvalue weighted by atomic mass is 10.1. The van der Waals surface area contributed by atoms with Crippen molar-refractivity contribution in [3.63, 3.8) is 0 Å². The lowest BCUT2D eigenvalue weighted by molar-refractivity contribution is 0.112. The average molecular weight is 252 g/mol. The summed E-state index contributed by atoms with van der Waals surface area (Å²) in [7, 11) is 1.48. The highest BCUT2D eigenvalue weighted by Gasteiger charge is 2.13. The third-order valence-electron chi connectivity index (χ3n) is 2.67. The number of methoxy groups -OCH3 is 1. The van der Waals surface area contributed by atoms with Crippen molar-refractivity contribution in [3.8, 4) is 0 Å². The number of nitrogens with zero attached hydrogens (tertiary/aromatic N) is 4. The first kappa shape index (κ1) is 12.9. The summed E-state index contributed by atoms with van der Waals surface area (Å²) in [6, 6.07) is 0. The van der Waals surface area contributed by atoms with Crippen LogP contribution in [-0.4, -0.2) is 39.6 Å². The zero-order valence-corrected chi connectivity index (χ0v) is 10.8. The smallest absolute Gasteiger partial charge is 0.177 e. The van der Waals surface area contributed by atoms with Crippen molar-refractivity contribution in [2.45, 2.75) is 32.5 Å². The molecule has 6 heteroatoms. The van der Waals surface area contributed by atoms with Crippen molar-refractivity contribution in [3.05, 3.63) is 18.1 Å². The van der Waals surface area contributed by atoms with Crippen LogP contribution in [0.2, 0.25) is 0 Å². The molecule has 2 heterocycles. The normalized spacial score (nSPS) is 13.4. The largest absolute Gasteiger partial charge is 0.382 e. The van der Waals surface area contributed by atoms with Crippen LogP contribution >= 0.6 is 0 Å². The van der Waals surface area contributed by atoms with E-state index in [0.717, 1.165) is 5.69 Å². The molecule has 0 N–H and O–H groups in total. The minimum atomic E-state index is -1.09. The van der Waals surface area contributed by atoms with E-state index in [1.54, 1.807) is 12.4 Å². The fourth-order valence-electron chi connectivity index (χ4n) is 1.69.